The largest absolute Gasteiger partial charge is 0.340 e. The maximum absolute atomic E-state index is 12.2. The predicted molar refractivity (Wildman–Crippen MR) is 106 cm³/mol. The number of benzene rings is 2. The SMILES string of the molecule is O=c1[nH]c(N2CCN(C/C=C/c3ccccc3)CC2)nc2ccccc12. The second-order valence-electron chi connectivity index (χ2n) is 6.51. The number of rotatable bonds is 4. The maximum atomic E-state index is 12.2. The number of aromatic amines is 1. The van der Waals surface area contributed by atoms with Gasteiger partial charge >= 0.3 is 0 Å². The Morgan fingerprint density at radius 2 is 1.69 bits per heavy atom. The van der Waals surface area contributed by atoms with Crippen LogP contribution in [0.25, 0.3) is 17.0 Å². The van der Waals surface area contributed by atoms with Gasteiger partial charge in [-0.05, 0) is 17.7 Å². The molecule has 1 aromatic heterocycles. The van der Waals surface area contributed by atoms with Crippen molar-refractivity contribution in [3.05, 3.63) is 76.6 Å². The van der Waals surface area contributed by atoms with Crippen molar-refractivity contribution >= 4 is 22.9 Å². The summed E-state index contributed by atoms with van der Waals surface area (Å²) in [5, 5.41) is 0.640. The van der Waals surface area contributed by atoms with Gasteiger partial charge < -0.3 is 4.90 Å². The van der Waals surface area contributed by atoms with E-state index < -0.39 is 0 Å². The van der Waals surface area contributed by atoms with Crippen molar-refractivity contribution in [2.75, 3.05) is 37.6 Å². The zero-order valence-corrected chi connectivity index (χ0v) is 14.6. The molecule has 4 rings (SSSR count). The highest BCUT2D eigenvalue weighted by Gasteiger charge is 2.18. The molecule has 3 aromatic rings. The molecule has 132 valence electrons. The molecule has 5 nitrogen and oxygen atoms in total. The third-order valence-electron chi connectivity index (χ3n) is 4.75. The van der Waals surface area contributed by atoms with Crippen LogP contribution >= 0.6 is 0 Å². The smallest absolute Gasteiger partial charge is 0.260 e. The molecule has 0 amide bonds. The summed E-state index contributed by atoms with van der Waals surface area (Å²) in [6.07, 6.45) is 4.37. The van der Waals surface area contributed by atoms with Crippen LogP contribution in [0.4, 0.5) is 5.95 Å². The molecular weight excluding hydrogens is 324 g/mol. The molecule has 0 bridgehead atoms. The fourth-order valence-corrected chi connectivity index (χ4v) is 3.27. The Hall–Kier alpha value is -2.92. The van der Waals surface area contributed by atoms with Crippen LogP contribution < -0.4 is 10.5 Å². The molecular formula is C21H22N4O. The minimum atomic E-state index is -0.0705. The van der Waals surface area contributed by atoms with Crippen LogP contribution in [0.3, 0.4) is 0 Å². The number of nitrogens with zero attached hydrogens (tertiary/aromatic N) is 3. The molecule has 26 heavy (non-hydrogen) atoms. The molecule has 0 saturated carbocycles. The highest BCUT2D eigenvalue weighted by atomic mass is 16.1. The van der Waals surface area contributed by atoms with Crippen LogP contribution in [0.15, 0.2) is 65.5 Å². The third-order valence-corrected chi connectivity index (χ3v) is 4.75. The van der Waals surface area contributed by atoms with E-state index in [9.17, 15) is 4.79 Å². The summed E-state index contributed by atoms with van der Waals surface area (Å²) in [5.74, 6) is 0.674. The molecule has 0 aliphatic carbocycles. The summed E-state index contributed by atoms with van der Waals surface area (Å²) < 4.78 is 0. The Morgan fingerprint density at radius 1 is 0.962 bits per heavy atom. The number of fused-ring (bicyclic) bond motifs is 1. The number of hydrogen-bond acceptors (Lipinski definition) is 4. The normalized spacial score (nSPS) is 15.8. The second-order valence-corrected chi connectivity index (χ2v) is 6.51. The summed E-state index contributed by atoms with van der Waals surface area (Å²) in [7, 11) is 0. The lowest BCUT2D eigenvalue weighted by atomic mass is 10.2. The minimum Gasteiger partial charge on any atom is -0.340 e. The van der Waals surface area contributed by atoms with E-state index in [4.69, 9.17) is 0 Å². The number of anilines is 1. The van der Waals surface area contributed by atoms with E-state index >= 15 is 0 Å². The average Bonchev–Trinajstić information content (AvgIpc) is 2.69. The quantitative estimate of drug-likeness (QED) is 0.789. The molecule has 2 heterocycles. The molecule has 1 aliphatic heterocycles. The van der Waals surface area contributed by atoms with E-state index in [1.807, 2.05) is 30.3 Å². The molecule has 1 aliphatic rings. The lowest BCUT2D eigenvalue weighted by molar-refractivity contribution is 0.283. The van der Waals surface area contributed by atoms with E-state index in [2.05, 4.69) is 56.2 Å². The van der Waals surface area contributed by atoms with Gasteiger partial charge in [0, 0.05) is 32.7 Å². The molecule has 1 saturated heterocycles. The first-order valence-corrected chi connectivity index (χ1v) is 8.97. The summed E-state index contributed by atoms with van der Waals surface area (Å²) in [6.45, 7) is 4.57. The Kier molecular flexibility index (Phi) is 4.80. The molecule has 1 N–H and O–H groups in total. The van der Waals surface area contributed by atoms with Gasteiger partial charge in [0.15, 0.2) is 0 Å². The van der Waals surface area contributed by atoms with Crippen molar-refractivity contribution in [1.82, 2.24) is 14.9 Å². The third kappa shape index (κ3) is 3.68. The number of aromatic nitrogens is 2. The zero-order valence-electron chi connectivity index (χ0n) is 14.6. The standard InChI is InChI=1S/C21H22N4O/c26-20-18-10-4-5-11-19(18)22-21(23-20)25-15-13-24(14-16-25)12-6-9-17-7-2-1-3-8-17/h1-11H,12-16H2,(H,22,23,26)/b9-6+. The summed E-state index contributed by atoms with van der Waals surface area (Å²) in [6, 6.07) is 17.8. The first-order valence-electron chi connectivity index (χ1n) is 8.97. The monoisotopic (exact) mass is 346 g/mol. The maximum Gasteiger partial charge on any atom is 0.260 e. The molecule has 1 fully saturated rings. The van der Waals surface area contributed by atoms with Gasteiger partial charge in [0.1, 0.15) is 0 Å². The number of H-pyrrole nitrogens is 1. The van der Waals surface area contributed by atoms with E-state index in [-0.39, 0.29) is 5.56 Å². The van der Waals surface area contributed by atoms with E-state index in [1.54, 1.807) is 0 Å². The molecule has 0 radical (unpaired) electrons. The molecule has 0 unspecified atom stereocenters. The lowest BCUT2D eigenvalue weighted by Crippen LogP contribution is -2.47. The number of nitrogens with one attached hydrogen (secondary N) is 1. The average molecular weight is 346 g/mol. The molecule has 5 heteroatoms. The van der Waals surface area contributed by atoms with Crippen molar-refractivity contribution < 1.29 is 0 Å². The van der Waals surface area contributed by atoms with Crippen LogP contribution in [0.1, 0.15) is 5.56 Å². The molecule has 0 atom stereocenters. The zero-order chi connectivity index (χ0) is 17.8. The van der Waals surface area contributed by atoms with Gasteiger partial charge in [0.2, 0.25) is 5.95 Å². The van der Waals surface area contributed by atoms with Crippen molar-refractivity contribution in [1.29, 1.82) is 0 Å². The Balaban J connectivity index is 1.38. The first kappa shape index (κ1) is 16.5. The molecule has 0 spiro atoms. The molecule has 2 aromatic carbocycles. The highest BCUT2D eigenvalue weighted by Crippen LogP contribution is 2.14. The Labute approximate surface area is 152 Å². The van der Waals surface area contributed by atoms with Crippen molar-refractivity contribution in [2.45, 2.75) is 0 Å². The summed E-state index contributed by atoms with van der Waals surface area (Å²) in [5.41, 5.74) is 1.90. The predicted octanol–water partition coefficient (Wildman–Crippen LogP) is 2.76. The summed E-state index contributed by atoms with van der Waals surface area (Å²) in [4.78, 5) is 24.4. The second kappa shape index (κ2) is 7.54. The van der Waals surface area contributed by atoms with E-state index in [0.717, 1.165) is 38.2 Å². The van der Waals surface area contributed by atoms with Gasteiger partial charge in [-0.15, -0.1) is 0 Å². The van der Waals surface area contributed by atoms with Crippen molar-refractivity contribution in [3.63, 3.8) is 0 Å². The van der Waals surface area contributed by atoms with Gasteiger partial charge in [-0.25, -0.2) is 4.98 Å². The Morgan fingerprint density at radius 3 is 2.50 bits per heavy atom. The van der Waals surface area contributed by atoms with Crippen molar-refractivity contribution in [2.24, 2.45) is 0 Å². The van der Waals surface area contributed by atoms with Crippen LogP contribution in [-0.2, 0) is 0 Å². The topological polar surface area (TPSA) is 52.2 Å². The van der Waals surface area contributed by atoms with Crippen molar-refractivity contribution in [3.8, 4) is 0 Å². The van der Waals surface area contributed by atoms with Crippen LogP contribution in [0.5, 0.6) is 0 Å². The number of piperazine rings is 1. The first-order chi connectivity index (χ1) is 12.8. The van der Waals surface area contributed by atoms with Crippen LogP contribution in [0.2, 0.25) is 0 Å². The number of hydrogen-bond donors (Lipinski definition) is 1. The fourth-order valence-electron chi connectivity index (χ4n) is 3.27. The lowest BCUT2D eigenvalue weighted by Gasteiger charge is -2.34. The fraction of sp³-hybridized carbons (Fsp3) is 0.238. The van der Waals surface area contributed by atoms with Gasteiger partial charge in [-0.3, -0.25) is 14.7 Å². The van der Waals surface area contributed by atoms with Crippen LogP contribution in [0, 0.1) is 0 Å². The van der Waals surface area contributed by atoms with Gasteiger partial charge in [0.25, 0.3) is 5.56 Å². The summed E-state index contributed by atoms with van der Waals surface area (Å²) >= 11 is 0. The highest BCUT2D eigenvalue weighted by molar-refractivity contribution is 5.78. The van der Waals surface area contributed by atoms with E-state index in [1.165, 1.54) is 5.56 Å². The Bertz CT molecular complexity index is 956. The number of para-hydroxylation sites is 1. The van der Waals surface area contributed by atoms with Crippen LogP contribution in [-0.4, -0.2) is 47.6 Å². The minimum absolute atomic E-state index is 0.0705. The van der Waals surface area contributed by atoms with Gasteiger partial charge in [0.05, 0.1) is 10.9 Å². The van der Waals surface area contributed by atoms with Gasteiger partial charge in [-0.1, -0.05) is 54.6 Å². The van der Waals surface area contributed by atoms with Gasteiger partial charge in [-0.2, -0.15) is 0 Å². The van der Waals surface area contributed by atoms with E-state index in [0.29, 0.717) is 11.3 Å².